The average Bonchev–Trinajstić information content (AvgIpc) is 2.09. The van der Waals surface area contributed by atoms with Crippen molar-refractivity contribution in [3.8, 4) is 0 Å². The van der Waals surface area contributed by atoms with Gasteiger partial charge in [0, 0.05) is 0 Å². The fourth-order valence-electron chi connectivity index (χ4n) is 1.05. The molecule has 0 fully saturated rings. The Kier molecular flexibility index (Phi) is 9.46. The Morgan fingerprint density at radius 2 is 2.12 bits per heavy atom. The summed E-state index contributed by atoms with van der Waals surface area (Å²) in [5.74, 6) is -0.406. The van der Waals surface area contributed by atoms with Gasteiger partial charge in [-0.25, -0.2) is 0 Å². The quantitative estimate of drug-likeness (QED) is 0.285. The second kappa shape index (κ2) is 8.52. The molecule has 0 aliphatic heterocycles. The predicted molar refractivity (Wildman–Crippen MR) is 64.6 cm³/mol. The maximum Gasteiger partial charge on any atom is 0.136 e. The summed E-state index contributed by atoms with van der Waals surface area (Å²) in [5, 5.41) is 20.2. The predicted octanol–water partition coefficient (Wildman–Crippen LogP) is -0.606. The normalized spacial score (nSPS) is 14.1. The smallest absolute Gasteiger partial charge is 0.136 e. The lowest BCUT2D eigenvalue weighted by atomic mass is 10.3. The van der Waals surface area contributed by atoms with Gasteiger partial charge < -0.3 is 19.4 Å². The van der Waals surface area contributed by atoms with Crippen LogP contribution in [0.25, 0.3) is 0 Å². The Labute approximate surface area is 103 Å². The Bertz CT molecular complexity index is 227. The van der Waals surface area contributed by atoms with Crippen molar-refractivity contribution in [3.05, 3.63) is 12.7 Å². The molecule has 0 spiro atoms. The van der Waals surface area contributed by atoms with Gasteiger partial charge in [0.1, 0.15) is 19.4 Å². The zero-order valence-electron chi connectivity index (χ0n) is 10.0. The summed E-state index contributed by atoms with van der Waals surface area (Å²) in [4.78, 5) is 3.52. The van der Waals surface area contributed by atoms with E-state index in [1.54, 1.807) is 0 Å². The Morgan fingerprint density at radius 3 is 2.56 bits per heavy atom. The van der Waals surface area contributed by atoms with Crippen molar-refractivity contribution in [1.82, 2.24) is 0 Å². The average molecular weight is 253 g/mol. The third-order valence-electron chi connectivity index (χ3n) is 1.56. The summed E-state index contributed by atoms with van der Waals surface area (Å²) in [6.07, 6.45) is 0.574. The van der Waals surface area contributed by atoms with E-state index in [9.17, 15) is 10.2 Å². The van der Waals surface area contributed by atoms with E-state index >= 15 is 0 Å². The van der Waals surface area contributed by atoms with E-state index in [2.05, 4.69) is 11.6 Å². The van der Waals surface area contributed by atoms with Crippen molar-refractivity contribution in [3.63, 3.8) is 0 Å². The van der Waals surface area contributed by atoms with Crippen LogP contribution in [0.15, 0.2) is 17.6 Å². The van der Waals surface area contributed by atoms with Gasteiger partial charge in [-0.2, -0.15) is 0 Å². The summed E-state index contributed by atoms with van der Waals surface area (Å²) >= 11 is 0. The number of hydrogen-bond donors (Lipinski definition) is 1. The zero-order valence-corrected chi connectivity index (χ0v) is 10.9. The van der Waals surface area contributed by atoms with Crippen LogP contribution < -0.4 is 5.11 Å². The standard InChI is InChI=1S/C10H20N2O3.ClH/c1-5-10(14)11-8-15-7-9(13)6-12(2,3)4;/h5,9,13H,1,6-8H2,2-4H3;1H. The van der Waals surface area contributed by atoms with Gasteiger partial charge >= 0.3 is 0 Å². The zero-order chi connectivity index (χ0) is 11.9. The van der Waals surface area contributed by atoms with Gasteiger partial charge in [-0.1, -0.05) is 12.7 Å². The molecule has 5 nitrogen and oxygen atoms in total. The minimum atomic E-state index is -0.543. The monoisotopic (exact) mass is 252 g/mol. The highest BCUT2D eigenvalue weighted by molar-refractivity contribution is 5.85. The van der Waals surface area contributed by atoms with Gasteiger partial charge in [-0.3, -0.25) is 4.99 Å². The van der Waals surface area contributed by atoms with Crippen LogP contribution >= 0.6 is 12.4 Å². The molecule has 0 bridgehead atoms. The molecule has 0 rings (SSSR count). The van der Waals surface area contributed by atoms with Crippen molar-refractivity contribution >= 4 is 18.3 Å². The number of nitrogens with zero attached hydrogens (tertiary/aromatic N) is 2. The molecule has 0 aromatic carbocycles. The van der Waals surface area contributed by atoms with Crippen molar-refractivity contribution in [2.75, 3.05) is 41.0 Å². The minimum Gasteiger partial charge on any atom is -0.859 e. The molecule has 1 atom stereocenters. The van der Waals surface area contributed by atoms with Crippen molar-refractivity contribution < 1.29 is 19.4 Å². The summed E-state index contributed by atoms with van der Waals surface area (Å²) in [5.41, 5.74) is 0. The molecular formula is C10H21ClN2O3. The fraction of sp³-hybridized carbons (Fsp3) is 0.700. The lowest BCUT2D eigenvalue weighted by molar-refractivity contribution is -0.873. The number of rotatable bonds is 7. The van der Waals surface area contributed by atoms with Crippen LogP contribution in [0.2, 0.25) is 0 Å². The topological polar surface area (TPSA) is 64.9 Å². The largest absolute Gasteiger partial charge is 0.859 e. The van der Waals surface area contributed by atoms with Gasteiger partial charge in [-0.05, 0) is 5.90 Å². The van der Waals surface area contributed by atoms with Crippen molar-refractivity contribution in [1.29, 1.82) is 0 Å². The van der Waals surface area contributed by atoms with E-state index in [4.69, 9.17) is 4.74 Å². The van der Waals surface area contributed by atoms with Gasteiger partial charge in [0.2, 0.25) is 0 Å². The van der Waals surface area contributed by atoms with Gasteiger partial charge in [-0.15, -0.1) is 12.4 Å². The van der Waals surface area contributed by atoms with E-state index in [0.29, 0.717) is 11.0 Å². The number of quaternary nitrogens is 1. The third kappa shape index (κ3) is 11.5. The molecule has 0 radical (unpaired) electrons. The molecule has 96 valence electrons. The van der Waals surface area contributed by atoms with Crippen molar-refractivity contribution in [2.24, 2.45) is 4.99 Å². The Morgan fingerprint density at radius 1 is 1.56 bits per heavy atom. The summed E-state index contributed by atoms with van der Waals surface area (Å²) in [6.45, 7) is 4.02. The molecule has 16 heavy (non-hydrogen) atoms. The molecule has 0 amide bonds. The minimum absolute atomic E-state index is 0. The maximum absolute atomic E-state index is 10.7. The Balaban J connectivity index is 0. The molecule has 0 saturated heterocycles. The first-order valence-corrected chi connectivity index (χ1v) is 4.75. The van der Waals surface area contributed by atoms with Crippen molar-refractivity contribution in [2.45, 2.75) is 6.10 Å². The molecular weight excluding hydrogens is 232 g/mol. The molecule has 0 heterocycles. The molecule has 0 saturated carbocycles. The van der Waals surface area contributed by atoms with Crippen LogP contribution in [-0.2, 0) is 4.74 Å². The second-order valence-corrected chi connectivity index (χ2v) is 4.33. The highest BCUT2D eigenvalue weighted by Crippen LogP contribution is 1.95. The molecule has 0 aromatic heterocycles. The van der Waals surface area contributed by atoms with E-state index in [1.165, 1.54) is 0 Å². The van der Waals surface area contributed by atoms with Crippen LogP contribution in [-0.4, -0.2) is 62.6 Å². The molecule has 6 heteroatoms. The highest BCUT2D eigenvalue weighted by atomic mass is 35.5. The molecule has 0 aromatic rings. The number of hydrogen-bond acceptors (Lipinski definition) is 4. The maximum atomic E-state index is 10.7. The number of ether oxygens (including phenoxy) is 1. The third-order valence-corrected chi connectivity index (χ3v) is 1.56. The van der Waals surface area contributed by atoms with Gasteiger partial charge in [0.25, 0.3) is 0 Å². The Hall–Kier alpha value is -0.620. The first-order valence-electron chi connectivity index (χ1n) is 4.75. The van der Waals surface area contributed by atoms with E-state index in [1.807, 2.05) is 21.1 Å². The summed E-state index contributed by atoms with van der Waals surface area (Å²) < 4.78 is 5.68. The fourth-order valence-corrected chi connectivity index (χ4v) is 1.05. The summed E-state index contributed by atoms with van der Waals surface area (Å²) in [6, 6.07) is 0. The van der Waals surface area contributed by atoms with E-state index in [0.717, 1.165) is 6.08 Å². The van der Waals surface area contributed by atoms with Crippen LogP contribution in [0.4, 0.5) is 0 Å². The van der Waals surface area contributed by atoms with Crippen LogP contribution in [0.5, 0.6) is 0 Å². The first-order chi connectivity index (χ1) is 6.85. The van der Waals surface area contributed by atoms with Gasteiger partial charge in [0.05, 0.1) is 27.7 Å². The van der Waals surface area contributed by atoms with Crippen LogP contribution in [0.1, 0.15) is 0 Å². The lowest BCUT2D eigenvalue weighted by Gasteiger charge is -2.26. The number of aliphatic imine (C=N–C) groups is 1. The lowest BCUT2D eigenvalue weighted by Crippen LogP contribution is -2.43. The SMILES string of the molecule is C=CC([O-])=NCOCC(O)C[N+](C)(C)C.Cl. The van der Waals surface area contributed by atoms with E-state index < -0.39 is 12.0 Å². The first kappa shape index (κ1) is 17.8. The number of halogens is 1. The molecule has 0 aliphatic carbocycles. The molecule has 1 unspecified atom stereocenters. The highest BCUT2D eigenvalue weighted by Gasteiger charge is 2.14. The van der Waals surface area contributed by atoms with Gasteiger partial charge in [0.15, 0.2) is 0 Å². The van der Waals surface area contributed by atoms with Crippen LogP contribution in [0, 0.1) is 0 Å². The second-order valence-electron chi connectivity index (χ2n) is 4.33. The number of aliphatic hydroxyl groups is 1. The van der Waals surface area contributed by atoms with E-state index in [-0.39, 0.29) is 25.7 Å². The number of aliphatic hydroxyl groups excluding tert-OH is 1. The van der Waals surface area contributed by atoms with Crippen LogP contribution in [0.3, 0.4) is 0 Å². The number of likely N-dealkylation sites (N-methyl/N-ethyl adjacent to an activating group) is 1. The summed E-state index contributed by atoms with van der Waals surface area (Å²) in [7, 11) is 5.94. The molecule has 1 N–H and O–H groups in total. The molecule has 0 aliphatic rings.